The monoisotopic (exact) mass is 234 g/mol. The number of ether oxygens (including phenoxy) is 1. The molecular formula is C14H22N2O. The normalized spacial score (nSPS) is 26.7. The van der Waals surface area contributed by atoms with Gasteiger partial charge in [-0.2, -0.15) is 0 Å². The molecule has 1 aliphatic carbocycles. The Morgan fingerprint density at radius 1 is 1.29 bits per heavy atom. The Kier molecular flexibility index (Phi) is 4.51. The molecule has 0 saturated heterocycles. The van der Waals surface area contributed by atoms with E-state index in [0.29, 0.717) is 18.2 Å². The predicted octanol–water partition coefficient (Wildman–Crippen LogP) is 2.69. The SMILES string of the molecule is COC1CCC(N[C@H](C)c2ccccn2)CC1. The topological polar surface area (TPSA) is 34.1 Å². The molecule has 0 aliphatic heterocycles. The van der Waals surface area contributed by atoms with Crippen molar-refractivity contribution >= 4 is 0 Å². The highest BCUT2D eigenvalue weighted by Gasteiger charge is 2.22. The third-order valence-corrected chi connectivity index (χ3v) is 3.62. The fourth-order valence-corrected chi connectivity index (χ4v) is 2.54. The molecule has 1 heterocycles. The Morgan fingerprint density at radius 2 is 2.06 bits per heavy atom. The summed E-state index contributed by atoms with van der Waals surface area (Å²) in [6.07, 6.45) is 7.07. The smallest absolute Gasteiger partial charge is 0.0572 e. The van der Waals surface area contributed by atoms with E-state index in [1.165, 1.54) is 25.7 Å². The van der Waals surface area contributed by atoms with E-state index in [1.807, 2.05) is 25.4 Å². The zero-order chi connectivity index (χ0) is 12.1. The summed E-state index contributed by atoms with van der Waals surface area (Å²) in [5.74, 6) is 0. The number of nitrogens with one attached hydrogen (secondary N) is 1. The summed E-state index contributed by atoms with van der Waals surface area (Å²) in [5, 5.41) is 3.66. The van der Waals surface area contributed by atoms with Gasteiger partial charge in [0.25, 0.3) is 0 Å². The maximum absolute atomic E-state index is 5.39. The van der Waals surface area contributed by atoms with Crippen LogP contribution in [0.3, 0.4) is 0 Å². The molecule has 3 nitrogen and oxygen atoms in total. The average molecular weight is 234 g/mol. The van der Waals surface area contributed by atoms with Crippen LogP contribution in [-0.4, -0.2) is 24.2 Å². The molecule has 0 spiro atoms. The quantitative estimate of drug-likeness (QED) is 0.869. The summed E-state index contributed by atoms with van der Waals surface area (Å²) in [6, 6.07) is 7.03. The molecule has 0 amide bonds. The first-order valence-electron chi connectivity index (χ1n) is 6.49. The van der Waals surface area contributed by atoms with Gasteiger partial charge >= 0.3 is 0 Å². The first-order valence-corrected chi connectivity index (χ1v) is 6.49. The lowest BCUT2D eigenvalue weighted by atomic mass is 9.92. The molecule has 3 heteroatoms. The van der Waals surface area contributed by atoms with Gasteiger partial charge in [0, 0.05) is 25.4 Å². The van der Waals surface area contributed by atoms with Crippen LogP contribution in [0.25, 0.3) is 0 Å². The van der Waals surface area contributed by atoms with Gasteiger partial charge in [-0.25, -0.2) is 0 Å². The minimum Gasteiger partial charge on any atom is -0.381 e. The van der Waals surface area contributed by atoms with Crippen LogP contribution in [0.4, 0.5) is 0 Å². The van der Waals surface area contributed by atoms with Crippen molar-refractivity contribution in [1.29, 1.82) is 0 Å². The van der Waals surface area contributed by atoms with Crippen molar-refractivity contribution in [1.82, 2.24) is 10.3 Å². The molecule has 1 aromatic rings. The Morgan fingerprint density at radius 3 is 2.65 bits per heavy atom. The van der Waals surface area contributed by atoms with Crippen molar-refractivity contribution in [3.8, 4) is 0 Å². The minimum atomic E-state index is 0.334. The van der Waals surface area contributed by atoms with Gasteiger partial charge in [-0.05, 0) is 44.7 Å². The lowest BCUT2D eigenvalue weighted by molar-refractivity contribution is 0.0613. The summed E-state index contributed by atoms with van der Waals surface area (Å²) in [4.78, 5) is 4.39. The average Bonchev–Trinajstić information content (AvgIpc) is 2.40. The molecule has 1 N–H and O–H groups in total. The van der Waals surface area contributed by atoms with Crippen molar-refractivity contribution in [2.45, 2.75) is 50.8 Å². The highest BCUT2D eigenvalue weighted by Crippen LogP contribution is 2.22. The summed E-state index contributed by atoms with van der Waals surface area (Å²) < 4.78 is 5.39. The molecule has 17 heavy (non-hydrogen) atoms. The maximum Gasteiger partial charge on any atom is 0.0572 e. The minimum absolute atomic E-state index is 0.334. The number of pyridine rings is 1. The molecule has 1 saturated carbocycles. The lowest BCUT2D eigenvalue weighted by Gasteiger charge is -2.30. The van der Waals surface area contributed by atoms with Gasteiger partial charge in [0.05, 0.1) is 11.8 Å². The Hall–Kier alpha value is -0.930. The van der Waals surface area contributed by atoms with Crippen molar-refractivity contribution < 1.29 is 4.74 Å². The molecule has 2 rings (SSSR count). The van der Waals surface area contributed by atoms with E-state index in [-0.39, 0.29) is 0 Å². The fraction of sp³-hybridized carbons (Fsp3) is 0.643. The molecule has 1 fully saturated rings. The standard InChI is InChI=1S/C14H22N2O/c1-11(14-5-3-4-10-15-14)16-12-6-8-13(17-2)9-7-12/h3-5,10-13,16H,6-9H2,1-2H3/t11-,12?,13?/m1/s1. The van der Waals surface area contributed by atoms with Gasteiger partial charge in [0.2, 0.25) is 0 Å². The predicted molar refractivity (Wildman–Crippen MR) is 68.8 cm³/mol. The molecule has 0 unspecified atom stereocenters. The highest BCUT2D eigenvalue weighted by molar-refractivity contribution is 5.07. The third kappa shape index (κ3) is 3.51. The summed E-state index contributed by atoms with van der Waals surface area (Å²) in [5.41, 5.74) is 1.13. The van der Waals surface area contributed by atoms with Crippen molar-refractivity contribution in [2.75, 3.05) is 7.11 Å². The first-order chi connectivity index (χ1) is 8.29. The van der Waals surface area contributed by atoms with E-state index in [0.717, 1.165) is 5.69 Å². The van der Waals surface area contributed by atoms with Crippen molar-refractivity contribution in [2.24, 2.45) is 0 Å². The summed E-state index contributed by atoms with van der Waals surface area (Å²) >= 11 is 0. The van der Waals surface area contributed by atoms with Crippen LogP contribution < -0.4 is 5.32 Å². The second-order valence-electron chi connectivity index (χ2n) is 4.85. The lowest BCUT2D eigenvalue weighted by Crippen LogP contribution is -2.36. The van der Waals surface area contributed by atoms with Crippen LogP contribution in [0.5, 0.6) is 0 Å². The van der Waals surface area contributed by atoms with E-state index < -0.39 is 0 Å². The maximum atomic E-state index is 5.39. The molecule has 0 radical (unpaired) electrons. The van der Waals surface area contributed by atoms with E-state index in [1.54, 1.807) is 0 Å². The van der Waals surface area contributed by atoms with Crippen molar-refractivity contribution in [3.05, 3.63) is 30.1 Å². The fourth-order valence-electron chi connectivity index (χ4n) is 2.54. The number of nitrogens with zero attached hydrogens (tertiary/aromatic N) is 1. The molecule has 1 aliphatic rings. The molecule has 94 valence electrons. The summed E-state index contributed by atoms with van der Waals surface area (Å²) in [7, 11) is 1.81. The van der Waals surface area contributed by atoms with Gasteiger partial charge in [-0.3, -0.25) is 4.98 Å². The second-order valence-corrected chi connectivity index (χ2v) is 4.85. The van der Waals surface area contributed by atoms with Crippen LogP contribution in [0, 0.1) is 0 Å². The van der Waals surface area contributed by atoms with E-state index >= 15 is 0 Å². The number of aromatic nitrogens is 1. The van der Waals surface area contributed by atoms with E-state index in [2.05, 4.69) is 23.3 Å². The Balaban J connectivity index is 1.82. The highest BCUT2D eigenvalue weighted by atomic mass is 16.5. The van der Waals surface area contributed by atoms with Crippen LogP contribution in [0.1, 0.15) is 44.3 Å². The summed E-state index contributed by atoms with van der Waals surface area (Å²) in [6.45, 7) is 2.19. The molecule has 0 bridgehead atoms. The number of rotatable bonds is 4. The van der Waals surface area contributed by atoms with Crippen LogP contribution in [0.2, 0.25) is 0 Å². The van der Waals surface area contributed by atoms with Gasteiger partial charge < -0.3 is 10.1 Å². The van der Waals surface area contributed by atoms with Crippen molar-refractivity contribution in [3.63, 3.8) is 0 Å². The van der Waals surface area contributed by atoms with E-state index in [4.69, 9.17) is 4.74 Å². The zero-order valence-electron chi connectivity index (χ0n) is 10.7. The second kappa shape index (κ2) is 6.12. The number of hydrogen-bond donors (Lipinski definition) is 1. The molecule has 1 aromatic heterocycles. The largest absolute Gasteiger partial charge is 0.381 e. The zero-order valence-corrected chi connectivity index (χ0v) is 10.7. The molecular weight excluding hydrogens is 212 g/mol. The number of hydrogen-bond acceptors (Lipinski definition) is 3. The van der Waals surface area contributed by atoms with Gasteiger partial charge in [0.1, 0.15) is 0 Å². The molecule has 1 atom stereocenters. The van der Waals surface area contributed by atoms with Crippen LogP contribution in [-0.2, 0) is 4.74 Å². The number of methoxy groups -OCH3 is 1. The van der Waals surface area contributed by atoms with Gasteiger partial charge in [-0.1, -0.05) is 6.07 Å². The Labute approximate surface area is 104 Å². The van der Waals surface area contributed by atoms with Crippen LogP contribution in [0.15, 0.2) is 24.4 Å². The molecule has 0 aromatic carbocycles. The Bertz CT molecular complexity index is 320. The van der Waals surface area contributed by atoms with Crippen LogP contribution >= 0.6 is 0 Å². The van der Waals surface area contributed by atoms with E-state index in [9.17, 15) is 0 Å². The van der Waals surface area contributed by atoms with Gasteiger partial charge in [0.15, 0.2) is 0 Å². The first kappa shape index (κ1) is 12.5. The van der Waals surface area contributed by atoms with Gasteiger partial charge in [-0.15, -0.1) is 0 Å². The third-order valence-electron chi connectivity index (χ3n) is 3.62.